The normalized spacial score (nSPS) is 10.8. The van der Waals surface area contributed by atoms with Crippen LogP contribution in [0.1, 0.15) is 51.0 Å². The van der Waals surface area contributed by atoms with Crippen molar-refractivity contribution in [3.05, 3.63) is 76.6 Å². The zero-order valence-electron chi connectivity index (χ0n) is 18.1. The van der Waals surface area contributed by atoms with Gasteiger partial charge in [-0.2, -0.15) is 0 Å². The summed E-state index contributed by atoms with van der Waals surface area (Å²) < 4.78 is 6.94. The van der Waals surface area contributed by atoms with Crippen LogP contribution in [0.3, 0.4) is 0 Å². The number of methoxy groups -OCH3 is 1. The molecule has 2 aromatic carbocycles. The fraction of sp³-hybridized carbons (Fsp3) is 0.280. The number of carbonyl (C=O) groups excluding carboxylic acids is 2. The Bertz CT molecular complexity index is 1080. The number of primary amides is 1. The van der Waals surface area contributed by atoms with Crippen molar-refractivity contribution in [3.63, 3.8) is 0 Å². The molecule has 0 aliphatic heterocycles. The third-order valence-electron chi connectivity index (χ3n) is 5.52. The lowest BCUT2D eigenvalue weighted by atomic mass is 9.97. The standard InChI is InChI=1S/C25H28N2O4/c1-4-5-21-23(18-8-10-19(11-9-18)25(30)31-3)22(24(26)29)16(2)27(21)15-14-17-6-12-20(28)13-7-17/h6-13,28H,4-5,14-15H2,1-3H3,(H2,26,29). The number of nitrogens with zero attached hydrogens (tertiary/aromatic N) is 1. The van der Waals surface area contributed by atoms with E-state index >= 15 is 0 Å². The van der Waals surface area contributed by atoms with Gasteiger partial charge in [-0.25, -0.2) is 4.79 Å². The van der Waals surface area contributed by atoms with Crippen LogP contribution in [-0.4, -0.2) is 28.7 Å². The second kappa shape index (κ2) is 9.51. The number of aromatic hydroxyl groups is 1. The van der Waals surface area contributed by atoms with E-state index in [0.29, 0.717) is 17.7 Å². The summed E-state index contributed by atoms with van der Waals surface area (Å²) in [5.74, 6) is -0.635. The Labute approximate surface area is 182 Å². The predicted octanol–water partition coefficient (Wildman–Crippen LogP) is 4.25. The van der Waals surface area contributed by atoms with Gasteiger partial charge in [0.2, 0.25) is 0 Å². The molecule has 3 N–H and O–H groups in total. The molecule has 0 saturated heterocycles. The highest BCUT2D eigenvalue weighted by atomic mass is 16.5. The number of aromatic nitrogens is 1. The summed E-state index contributed by atoms with van der Waals surface area (Å²) >= 11 is 0. The molecule has 0 fully saturated rings. The molecule has 6 nitrogen and oxygen atoms in total. The molecule has 1 aromatic heterocycles. The first-order valence-electron chi connectivity index (χ1n) is 10.4. The van der Waals surface area contributed by atoms with Gasteiger partial charge in [-0.05, 0) is 55.2 Å². The molecule has 1 heterocycles. The van der Waals surface area contributed by atoms with E-state index in [0.717, 1.165) is 47.3 Å². The molecule has 0 unspecified atom stereocenters. The lowest BCUT2D eigenvalue weighted by molar-refractivity contribution is 0.0600. The van der Waals surface area contributed by atoms with E-state index in [4.69, 9.17) is 10.5 Å². The number of esters is 1. The summed E-state index contributed by atoms with van der Waals surface area (Å²) in [4.78, 5) is 24.2. The maximum atomic E-state index is 12.4. The van der Waals surface area contributed by atoms with E-state index in [-0.39, 0.29) is 5.75 Å². The van der Waals surface area contributed by atoms with Crippen molar-refractivity contribution < 1.29 is 19.4 Å². The van der Waals surface area contributed by atoms with Crippen LogP contribution < -0.4 is 5.73 Å². The molecular weight excluding hydrogens is 392 g/mol. The minimum absolute atomic E-state index is 0.237. The Kier molecular flexibility index (Phi) is 6.80. The Hall–Kier alpha value is -3.54. The zero-order chi connectivity index (χ0) is 22.5. The second-order valence-corrected chi connectivity index (χ2v) is 7.53. The quantitative estimate of drug-likeness (QED) is 0.533. The van der Waals surface area contributed by atoms with Crippen LogP contribution in [0.4, 0.5) is 0 Å². The van der Waals surface area contributed by atoms with Crippen LogP contribution in [0.25, 0.3) is 11.1 Å². The van der Waals surface area contributed by atoms with Crippen molar-refractivity contribution in [3.8, 4) is 16.9 Å². The molecule has 3 rings (SSSR count). The molecule has 0 aliphatic rings. The second-order valence-electron chi connectivity index (χ2n) is 7.53. The van der Waals surface area contributed by atoms with Crippen LogP contribution in [0, 0.1) is 6.92 Å². The Morgan fingerprint density at radius 2 is 1.68 bits per heavy atom. The van der Waals surface area contributed by atoms with Gasteiger partial charge >= 0.3 is 5.97 Å². The van der Waals surface area contributed by atoms with Gasteiger partial charge in [0.05, 0.1) is 18.2 Å². The zero-order valence-corrected chi connectivity index (χ0v) is 18.1. The molecule has 3 aromatic rings. The number of carbonyl (C=O) groups is 2. The lowest BCUT2D eigenvalue weighted by Crippen LogP contribution is -2.14. The first-order valence-corrected chi connectivity index (χ1v) is 10.4. The smallest absolute Gasteiger partial charge is 0.337 e. The number of phenols is 1. The highest BCUT2D eigenvalue weighted by molar-refractivity contribution is 6.02. The maximum absolute atomic E-state index is 12.4. The van der Waals surface area contributed by atoms with Crippen LogP contribution in [-0.2, 0) is 24.1 Å². The fourth-order valence-corrected chi connectivity index (χ4v) is 4.00. The molecular formula is C25H28N2O4. The number of hydrogen-bond donors (Lipinski definition) is 2. The van der Waals surface area contributed by atoms with Crippen LogP contribution in [0.15, 0.2) is 48.5 Å². The third kappa shape index (κ3) is 4.63. The van der Waals surface area contributed by atoms with Crippen LogP contribution in [0.5, 0.6) is 5.75 Å². The number of hydrogen-bond acceptors (Lipinski definition) is 4. The number of rotatable bonds is 8. The molecule has 0 saturated carbocycles. The van der Waals surface area contributed by atoms with Crippen molar-refractivity contribution in [1.82, 2.24) is 4.57 Å². The number of ether oxygens (including phenoxy) is 1. The molecule has 31 heavy (non-hydrogen) atoms. The molecule has 1 amide bonds. The van der Waals surface area contributed by atoms with Gasteiger partial charge in [-0.3, -0.25) is 4.79 Å². The molecule has 0 bridgehead atoms. The number of nitrogens with two attached hydrogens (primary N) is 1. The largest absolute Gasteiger partial charge is 0.508 e. The van der Waals surface area contributed by atoms with Gasteiger partial charge in [0.25, 0.3) is 5.91 Å². The summed E-state index contributed by atoms with van der Waals surface area (Å²) in [6.45, 7) is 4.70. The average molecular weight is 421 g/mol. The molecule has 0 atom stereocenters. The number of amides is 1. The summed E-state index contributed by atoms with van der Waals surface area (Å²) in [7, 11) is 1.35. The topological polar surface area (TPSA) is 94.5 Å². The first-order chi connectivity index (χ1) is 14.9. The van der Waals surface area contributed by atoms with E-state index in [1.165, 1.54) is 7.11 Å². The fourth-order valence-electron chi connectivity index (χ4n) is 4.00. The molecule has 0 radical (unpaired) electrons. The molecule has 0 aliphatic carbocycles. The van der Waals surface area contributed by atoms with Crippen molar-refractivity contribution in [2.24, 2.45) is 5.73 Å². The third-order valence-corrected chi connectivity index (χ3v) is 5.52. The number of aryl methyl sites for hydroxylation is 1. The maximum Gasteiger partial charge on any atom is 0.337 e. The van der Waals surface area contributed by atoms with Crippen molar-refractivity contribution in [2.45, 2.75) is 39.7 Å². The Morgan fingerprint density at radius 1 is 1.03 bits per heavy atom. The van der Waals surface area contributed by atoms with Crippen molar-refractivity contribution in [1.29, 1.82) is 0 Å². The highest BCUT2D eigenvalue weighted by Crippen LogP contribution is 2.34. The summed E-state index contributed by atoms with van der Waals surface area (Å²) in [5.41, 5.74) is 11.4. The van der Waals surface area contributed by atoms with Gasteiger partial charge in [-0.1, -0.05) is 37.6 Å². The predicted molar refractivity (Wildman–Crippen MR) is 120 cm³/mol. The SMILES string of the molecule is CCCc1c(-c2ccc(C(=O)OC)cc2)c(C(N)=O)c(C)n1CCc1ccc(O)cc1. The molecule has 6 heteroatoms. The van der Waals surface area contributed by atoms with E-state index in [1.54, 1.807) is 24.3 Å². The van der Waals surface area contributed by atoms with Gasteiger partial charge < -0.3 is 20.1 Å². The minimum Gasteiger partial charge on any atom is -0.508 e. The monoisotopic (exact) mass is 420 g/mol. The van der Waals surface area contributed by atoms with Gasteiger partial charge in [-0.15, -0.1) is 0 Å². The Balaban J connectivity index is 2.07. The lowest BCUT2D eigenvalue weighted by Gasteiger charge is -2.13. The van der Waals surface area contributed by atoms with Crippen molar-refractivity contribution in [2.75, 3.05) is 7.11 Å². The van der Waals surface area contributed by atoms with Crippen molar-refractivity contribution >= 4 is 11.9 Å². The summed E-state index contributed by atoms with van der Waals surface area (Å²) in [6.07, 6.45) is 2.46. The summed E-state index contributed by atoms with van der Waals surface area (Å²) in [5, 5.41) is 9.51. The first kappa shape index (κ1) is 22.2. The average Bonchev–Trinajstić information content (AvgIpc) is 3.04. The molecule has 162 valence electrons. The summed E-state index contributed by atoms with van der Waals surface area (Å²) in [6, 6.07) is 14.2. The molecule has 0 spiro atoms. The highest BCUT2D eigenvalue weighted by Gasteiger charge is 2.24. The van der Waals surface area contributed by atoms with Gasteiger partial charge in [0, 0.05) is 23.5 Å². The van der Waals surface area contributed by atoms with E-state index < -0.39 is 11.9 Å². The minimum atomic E-state index is -0.467. The van der Waals surface area contributed by atoms with E-state index in [1.807, 2.05) is 31.2 Å². The van der Waals surface area contributed by atoms with E-state index in [2.05, 4.69) is 11.5 Å². The number of benzene rings is 2. The van der Waals surface area contributed by atoms with Crippen LogP contribution in [0.2, 0.25) is 0 Å². The van der Waals surface area contributed by atoms with Gasteiger partial charge in [0.15, 0.2) is 0 Å². The van der Waals surface area contributed by atoms with Gasteiger partial charge in [0.1, 0.15) is 5.75 Å². The Morgan fingerprint density at radius 3 is 2.23 bits per heavy atom. The van der Waals surface area contributed by atoms with E-state index in [9.17, 15) is 14.7 Å². The van der Waals surface area contributed by atoms with Crippen LogP contribution >= 0.6 is 0 Å². The number of phenolic OH excluding ortho intramolecular Hbond substituents is 1.